The molecule has 1 saturated carbocycles. The molecule has 7 nitrogen and oxygen atoms in total. The van der Waals surface area contributed by atoms with E-state index in [1.54, 1.807) is 36.4 Å². The first-order chi connectivity index (χ1) is 16.4. The van der Waals surface area contributed by atoms with Crippen molar-refractivity contribution < 1.29 is 18.0 Å². The average Bonchev–Trinajstić information content (AvgIpc) is 2.85. The summed E-state index contributed by atoms with van der Waals surface area (Å²) in [5, 5.41) is 6.03. The van der Waals surface area contributed by atoms with Gasteiger partial charge in [-0.3, -0.25) is 9.59 Å². The minimum Gasteiger partial charge on any atom is -0.349 e. The van der Waals surface area contributed by atoms with E-state index in [1.807, 2.05) is 18.2 Å². The van der Waals surface area contributed by atoms with Crippen molar-refractivity contribution in [3.8, 4) is 0 Å². The highest BCUT2D eigenvalue weighted by atomic mass is 32.2. The Hall–Kier alpha value is -2.71. The van der Waals surface area contributed by atoms with E-state index in [9.17, 15) is 18.0 Å². The normalized spacial score (nSPS) is 18.4. The van der Waals surface area contributed by atoms with E-state index in [-0.39, 0.29) is 29.5 Å². The minimum atomic E-state index is -3.43. The van der Waals surface area contributed by atoms with E-state index in [2.05, 4.69) is 10.6 Å². The van der Waals surface area contributed by atoms with E-state index < -0.39 is 10.0 Å². The fourth-order valence-corrected chi connectivity index (χ4v) is 6.37. The monoisotopic (exact) mass is 483 g/mol. The number of carbonyl (C=O) groups is 2. The van der Waals surface area contributed by atoms with Crippen LogP contribution in [0.25, 0.3) is 0 Å². The molecule has 34 heavy (non-hydrogen) atoms. The van der Waals surface area contributed by atoms with Crippen LogP contribution in [0.3, 0.4) is 0 Å². The van der Waals surface area contributed by atoms with Gasteiger partial charge in [-0.1, -0.05) is 61.7 Å². The lowest BCUT2D eigenvalue weighted by Crippen LogP contribution is -2.42. The van der Waals surface area contributed by atoms with Gasteiger partial charge < -0.3 is 10.6 Å². The molecule has 0 spiro atoms. The Morgan fingerprint density at radius 2 is 1.50 bits per heavy atom. The molecule has 1 saturated heterocycles. The summed E-state index contributed by atoms with van der Waals surface area (Å²) in [6, 6.07) is 16.4. The van der Waals surface area contributed by atoms with Crippen molar-refractivity contribution in [3.63, 3.8) is 0 Å². The molecular formula is C26H33N3O4S. The number of benzene rings is 2. The van der Waals surface area contributed by atoms with Crippen LogP contribution in [0.5, 0.6) is 0 Å². The number of piperidine rings is 1. The highest BCUT2D eigenvalue weighted by molar-refractivity contribution is 7.88. The Balaban J connectivity index is 1.33. The number of nitrogens with zero attached hydrogens (tertiary/aromatic N) is 1. The van der Waals surface area contributed by atoms with Gasteiger partial charge in [-0.15, -0.1) is 0 Å². The van der Waals surface area contributed by atoms with Crippen LogP contribution in [0.2, 0.25) is 0 Å². The van der Waals surface area contributed by atoms with Gasteiger partial charge in [0, 0.05) is 25.0 Å². The highest BCUT2D eigenvalue weighted by Crippen LogP contribution is 2.25. The fraction of sp³-hybridized carbons (Fsp3) is 0.462. The van der Waals surface area contributed by atoms with E-state index >= 15 is 0 Å². The van der Waals surface area contributed by atoms with Crippen LogP contribution in [-0.2, 0) is 20.6 Å². The molecule has 2 aliphatic rings. The maximum atomic E-state index is 13.0. The SMILES string of the molecule is O=C(NC1CCCCC1)c1ccccc1NC(=O)C1CCN(S(=O)(=O)Cc2ccccc2)CC1. The zero-order valence-electron chi connectivity index (χ0n) is 19.4. The lowest BCUT2D eigenvalue weighted by molar-refractivity contribution is -0.120. The second kappa shape index (κ2) is 11.1. The molecule has 4 rings (SSSR count). The number of hydrogen-bond donors (Lipinski definition) is 2. The van der Waals surface area contributed by atoms with E-state index in [0.717, 1.165) is 31.2 Å². The van der Waals surface area contributed by atoms with Gasteiger partial charge in [0.15, 0.2) is 0 Å². The van der Waals surface area contributed by atoms with Crippen LogP contribution < -0.4 is 10.6 Å². The summed E-state index contributed by atoms with van der Waals surface area (Å²) < 4.78 is 27.1. The van der Waals surface area contributed by atoms with Gasteiger partial charge in [-0.05, 0) is 43.4 Å². The molecule has 0 bridgehead atoms. The summed E-state index contributed by atoms with van der Waals surface area (Å²) in [6.45, 7) is 0.633. The van der Waals surface area contributed by atoms with Crippen molar-refractivity contribution in [1.82, 2.24) is 9.62 Å². The molecule has 0 radical (unpaired) electrons. The zero-order chi connectivity index (χ0) is 24.0. The summed E-state index contributed by atoms with van der Waals surface area (Å²) in [4.78, 5) is 25.8. The summed E-state index contributed by atoms with van der Waals surface area (Å²) in [7, 11) is -3.43. The fourth-order valence-electron chi connectivity index (χ4n) is 4.81. The third kappa shape index (κ3) is 6.24. The van der Waals surface area contributed by atoms with Gasteiger partial charge in [0.1, 0.15) is 0 Å². The Morgan fingerprint density at radius 3 is 2.21 bits per heavy atom. The number of nitrogens with one attached hydrogen (secondary N) is 2. The summed E-state index contributed by atoms with van der Waals surface area (Å²) >= 11 is 0. The molecule has 2 aromatic carbocycles. The maximum absolute atomic E-state index is 13.0. The van der Waals surface area contributed by atoms with Gasteiger partial charge in [-0.2, -0.15) is 0 Å². The van der Waals surface area contributed by atoms with Crippen molar-refractivity contribution in [2.75, 3.05) is 18.4 Å². The topological polar surface area (TPSA) is 95.6 Å². The molecule has 8 heteroatoms. The molecule has 1 aliphatic carbocycles. The van der Waals surface area contributed by atoms with Crippen molar-refractivity contribution in [1.29, 1.82) is 0 Å². The number of rotatable bonds is 7. The number of para-hydroxylation sites is 1. The Bertz CT molecular complexity index is 1090. The van der Waals surface area contributed by atoms with E-state index in [1.165, 1.54) is 10.7 Å². The summed E-state index contributed by atoms with van der Waals surface area (Å²) in [5.74, 6) is -0.658. The second-order valence-electron chi connectivity index (χ2n) is 9.26. The zero-order valence-corrected chi connectivity index (χ0v) is 20.2. The third-order valence-electron chi connectivity index (χ3n) is 6.78. The molecule has 1 aliphatic heterocycles. The van der Waals surface area contributed by atoms with Crippen molar-refractivity contribution in [2.45, 2.75) is 56.7 Å². The maximum Gasteiger partial charge on any atom is 0.253 e. The van der Waals surface area contributed by atoms with Crippen LogP contribution in [0, 0.1) is 5.92 Å². The molecule has 182 valence electrons. The first kappa shape index (κ1) is 24.4. The van der Waals surface area contributed by atoms with Crippen LogP contribution in [0.1, 0.15) is 60.9 Å². The predicted molar refractivity (Wildman–Crippen MR) is 133 cm³/mol. The number of amides is 2. The summed E-state index contributed by atoms with van der Waals surface area (Å²) in [6.07, 6.45) is 6.36. The summed E-state index contributed by atoms with van der Waals surface area (Å²) in [5.41, 5.74) is 1.72. The standard InChI is InChI=1S/C26H33N3O4S/c30-25(21-15-17-29(18-16-21)34(32,33)19-20-9-3-1-4-10-20)28-24-14-8-7-13-23(24)26(31)27-22-11-5-2-6-12-22/h1,3-4,7-10,13-14,21-22H,2,5-6,11-12,15-19H2,(H,27,31)(H,28,30). The third-order valence-corrected chi connectivity index (χ3v) is 8.63. The largest absolute Gasteiger partial charge is 0.349 e. The van der Waals surface area contributed by atoms with Gasteiger partial charge in [-0.25, -0.2) is 12.7 Å². The lowest BCUT2D eigenvalue weighted by atomic mass is 9.95. The first-order valence-corrected chi connectivity index (χ1v) is 13.8. The van der Waals surface area contributed by atoms with Crippen molar-refractivity contribution >= 4 is 27.5 Å². The van der Waals surface area contributed by atoms with E-state index in [4.69, 9.17) is 0 Å². The molecule has 0 unspecified atom stereocenters. The minimum absolute atomic E-state index is 0.0335. The van der Waals surface area contributed by atoms with Gasteiger partial charge in [0.2, 0.25) is 15.9 Å². The molecule has 0 atom stereocenters. The van der Waals surface area contributed by atoms with Crippen molar-refractivity contribution in [3.05, 3.63) is 65.7 Å². The molecule has 2 fully saturated rings. The Labute approximate surface area is 202 Å². The average molecular weight is 484 g/mol. The van der Waals surface area contributed by atoms with Gasteiger partial charge in [0.05, 0.1) is 17.0 Å². The Morgan fingerprint density at radius 1 is 0.853 bits per heavy atom. The van der Waals surface area contributed by atoms with Crippen molar-refractivity contribution in [2.24, 2.45) is 5.92 Å². The molecule has 2 N–H and O–H groups in total. The lowest BCUT2D eigenvalue weighted by Gasteiger charge is -2.30. The number of carbonyl (C=O) groups excluding carboxylic acids is 2. The predicted octanol–water partition coefficient (Wildman–Crippen LogP) is 3.93. The number of sulfonamides is 1. The highest BCUT2D eigenvalue weighted by Gasteiger charge is 2.31. The number of anilines is 1. The van der Waals surface area contributed by atoms with Crippen LogP contribution in [-0.4, -0.2) is 43.7 Å². The molecule has 2 aromatic rings. The van der Waals surface area contributed by atoms with Crippen LogP contribution in [0.4, 0.5) is 5.69 Å². The Kier molecular flexibility index (Phi) is 8.00. The van der Waals surface area contributed by atoms with Gasteiger partial charge >= 0.3 is 0 Å². The second-order valence-corrected chi connectivity index (χ2v) is 11.2. The number of hydrogen-bond acceptors (Lipinski definition) is 4. The molecule has 1 heterocycles. The van der Waals surface area contributed by atoms with E-state index in [0.29, 0.717) is 37.2 Å². The first-order valence-electron chi connectivity index (χ1n) is 12.1. The quantitative estimate of drug-likeness (QED) is 0.624. The molecular weight excluding hydrogens is 450 g/mol. The van der Waals surface area contributed by atoms with Crippen LogP contribution >= 0.6 is 0 Å². The van der Waals surface area contributed by atoms with Gasteiger partial charge in [0.25, 0.3) is 5.91 Å². The molecule has 2 amide bonds. The molecule has 0 aromatic heterocycles. The van der Waals surface area contributed by atoms with Crippen LogP contribution in [0.15, 0.2) is 54.6 Å². The smallest absolute Gasteiger partial charge is 0.253 e.